The molecule has 1 atom stereocenters. The summed E-state index contributed by atoms with van der Waals surface area (Å²) < 4.78 is 48.9. The van der Waals surface area contributed by atoms with Gasteiger partial charge in [-0.25, -0.2) is 27.8 Å². The summed E-state index contributed by atoms with van der Waals surface area (Å²) in [5, 5.41) is 16.3. The van der Waals surface area contributed by atoms with Crippen LogP contribution in [-0.4, -0.2) is 42.5 Å². The van der Waals surface area contributed by atoms with Crippen LogP contribution in [0.2, 0.25) is 0 Å². The third-order valence-electron chi connectivity index (χ3n) is 6.22. The minimum atomic E-state index is -3.91. The average molecular weight is 560 g/mol. The highest BCUT2D eigenvalue weighted by Gasteiger charge is 2.21. The molecule has 3 heterocycles. The van der Waals surface area contributed by atoms with Crippen LogP contribution >= 0.6 is 0 Å². The number of hydrogen-bond donors (Lipinski definition) is 3. The van der Waals surface area contributed by atoms with E-state index in [2.05, 4.69) is 30.3 Å². The lowest BCUT2D eigenvalue weighted by Gasteiger charge is -2.23. The lowest BCUT2D eigenvalue weighted by Crippen LogP contribution is -2.38. The van der Waals surface area contributed by atoms with Crippen LogP contribution in [0.1, 0.15) is 24.0 Å². The molecule has 5 rings (SSSR count). The molecule has 2 aromatic carbocycles. The summed E-state index contributed by atoms with van der Waals surface area (Å²) in [6.45, 7) is 1.80. The number of anilines is 2. The molecule has 0 unspecified atom stereocenters. The van der Waals surface area contributed by atoms with Crippen LogP contribution in [0.25, 0.3) is 11.3 Å². The molecule has 0 saturated carbocycles. The van der Waals surface area contributed by atoms with E-state index in [1.807, 2.05) is 0 Å². The number of nitrogens with one attached hydrogen (secondary N) is 3. The van der Waals surface area contributed by atoms with E-state index >= 15 is 4.39 Å². The minimum Gasteiger partial charge on any atom is -0.435 e. The van der Waals surface area contributed by atoms with Crippen LogP contribution in [0.15, 0.2) is 73.1 Å². The fraction of sp³-hybridized carbons (Fsp3) is 0.214. The van der Waals surface area contributed by atoms with Gasteiger partial charge in [0.2, 0.25) is 21.9 Å². The van der Waals surface area contributed by atoms with Crippen LogP contribution in [0.4, 0.5) is 16.0 Å². The fourth-order valence-electron chi connectivity index (χ4n) is 4.33. The molecule has 40 heavy (non-hydrogen) atoms. The Morgan fingerprint density at radius 2 is 1.93 bits per heavy atom. The number of rotatable bonds is 9. The Kier molecular flexibility index (Phi) is 8.14. The average Bonchev–Trinajstić information content (AvgIpc) is 2.96. The molecule has 0 aliphatic carbocycles. The van der Waals surface area contributed by atoms with Crippen molar-refractivity contribution in [2.75, 3.05) is 23.1 Å². The van der Waals surface area contributed by atoms with Crippen molar-refractivity contribution in [3.63, 3.8) is 0 Å². The maximum absolute atomic E-state index is 15.4. The Morgan fingerprint density at radius 3 is 2.70 bits per heavy atom. The summed E-state index contributed by atoms with van der Waals surface area (Å²) in [4.78, 5) is 13.1. The van der Waals surface area contributed by atoms with Gasteiger partial charge in [-0.2, -0.15) is 5.26 Å². The number of halogens is 1. The van der Waals surface area contributed by atoms with E-state index in [-0.39, 0.29) is 29.1 Å². The second-order valence-electron chi connectivity index (χ2n) is 9.17. The van der Waals surface area contributed by atoms with E-state index in [0.29, 0.717) is 22.8 Å². The van der Waals surface area contributed by atoms with E-state index in [1.165, 1.54) is 18.3 Å². The summed E-state index contributed by atoms with van der Waals surface area (Å²) >= 11 is 0. The largest absolute Gasteiger partial charge is 0.435 e. The molecule has 12 heteroatoms. The highest BCUT2D eigenvalue weighted by Crippen LogP contribution is 2.34. The van der Waals surface area contributed by atoms with Gasteiger partial charge in [0.25, 0.3) is 0 Å². The Labute approximate surface area is 231 Å². The number of pyridine rings is 1. The molecule has 1 saturated heterocycles. The normalized spacial score (nSPS) is 15.2. The van der Waals surface area contributed by atoms with Crippen LogP contribution < -0.4 is 20.1 Å². The summed E-state index contributed by atoms with van der Waals surface area (Å²) in [6.07, 6.45) is 5.16. The molecule has 0 bridgehead atoms. The van der Waals surface area contributed by atoms with E-state index < -0.39 is 21.4 Å². The Morgan fingerprint density at radius 1 is 1.07 bits per heavy atom. The van der Waals surface area contributed by atoms with Gasteiger partial charge < -0.3 is 15.4 Å². The number of sulfonamides is 1. The van der Waals surface area contributed by atoms with Gasteiger partial charge in [0.05, 0.1) is 22.7 Å². The quantitative estimate of drug-likeness (QED) is 0.271. The predicted octanol–water partition coefficient (Wildman–Crippen LogP) is 4.45. The number of nitrogens with zero attached hydrogens (tertiary/aromatic N) is 4. The highest BCUT2D eigenvalue weighted by atomic mass is 32.2. The van der Waals surface area contributed by atoms with Crippen molar-refractivity contribution in [3.05, 3.63) is 90.0 Å². The van der Waals surface area contributed by atoms with Gasteiger partial charge in [-0.05, 0) is 55.3 Å². The molecule has 1 aliphatic rings. The van der Waals surface area contributed by atoms with Gasteiger partial charge in [-0.15, -0.1) is 0 Å². The summed E-state index contributed by atoms with van der Waals surface area (Å²) in [5.74, 6) is -1.13. The first-order valence-electron chi connectivity index (χ1n) is 12.6. The molecule has 0 radical (unpaired) electrons. The Hall–Kier alpha value is -4.60. The van der Waals surface area contributed by atoms with Crippen molar-refractivity contribution in [2.45, 2.75) is 24.6 Å². The molecular formula is C28H26FN7O3S. The van der Waals surface area contributed by atoms with Gasteiger partial charge >= 0.3 is 0 Å². The first-order valence-corrected chi connectivity index (χ1v) is 14.3. The van der Waals surface area contributed by atoms with Gasteiger partial charge in [-0.1, -0.05) is 30.3 Å². The first kappa shape index (κ1) is 27.0. The van der Waals surface area contributed by atoms with Gasteiger partial charge in [0, 0.05) is 25.0 Å². The van der Waals surface area contributed by atoms with Crippen molar-refractivity contribution in [1.82, 2.24) is 20.3 Å². The maximum Gasteiger partial charge on any atom is 0.236 e. The lowest BCUT2D eigenvalue weighted by atomic mass is 10.1. The smallest absolute Gasteiger partial charge is 0.236 e. The molecule has 1 fully saturated rings. The molecule has 0 amide bonds. The zero-order valence-electron chi connectivity index (χ0n) is 21.3. The molecule has 1 aliphatic heterocycles. The maximum atomic E-state index is 15.4. The molecule has 204 valence electrons. The number of hydrogen-bond acceptors (Lipinski definition) is 9. The third-order valence-corrected chi connectivity index (χ3v) is 7.47. The first-order chi connectivity index (χ1) is 19.4. The second kappa shape index (κ2) is 12.1. The van der Waals surface area contributed by atoms with E-state index in [4.69, 9.17) is 4.74 Å². The number of piperidine rings is 1. The molecular weight excluding hydrogens is 533 g/mol. The molecule has 10 nitrogen and oxygen atoms in total. The van der Waals surface area contributed by atoms with Crippen LogP contribution in [0, 0.1) is 17.1 Å². The second-order valence-corrected chi connectivity index (χ2v) is 10.9. The van der Waals surface area contributed by atoms with Crippen molar-refractivity contribution in [1.29, 1.82) is 5.26 Å². The standard InChI is InChI=1S/C28H26FN7O3S/c29-26-22(16-30)24(36-40(37,38)18-19-6-2-1-3-7-19)10-11-25(26)39-27-21(9-5-14-32-27)23-12-15-33-28(35-23)34-20-8-4-13-31-17-20/h1-3,5-7,9-12,14-15,20,31,36H,4,8,13,17-18H2,(H,33,34,35)/t20-/m0/s1. The van der Waals surface area contributed by atoms with Crippen molar-refractivity contribution in [2.24, 2.45) is 0 Å². The lowest BCUT2D eigenvalue weighted by molar-refractivity contribution is 0.428. The number of aromatic nitrogens is 3. The van der Waals surface area contributed by atoms with Gasteiger partial charge in [0.1, 0.15) is 11.6 Å². The third kappa shape index (κ3) is 6.51. The molecule has 4 aromatic rings. The van der Waals surface area contributed by atoms with Crippen LogP contribution in [0.3, 0.4) is 0 Å². The van der Waals surface area contributed by atoms with Crippen LogP contribution in [0.5, 0.6) is 11.6 Å². The summed E-state index contributed by atoms with van der Waals surface area (Å²) in [7, 11) is -3.91. The number of ether oxygens (including phenoxy) is 1. The minimum absolute atomic E-state index is 0.0617. The summed E-state index contributed by atoms with van der Waals surface area (Å²) in [6, 6.07) is 18.1. The zero-order chi connectivity index (χ0) is 28.0. The fourth-order valence-corrected chi connectivity index (χ4v) is 5.54. The molecule has 2 aromatic heterocycles. The van der Waals surface area contributed by atoms with Gasteiger partial charge in [0.15, 0.2) is 11.6 Å². The van der Waals surface area contributed by atoms with E-state index in [1.54, 1.807) is 60.8 Å². The summed E-state index contributed by atoms with van der Waals surface area (Å²) in [5.41, 5.74) is 0.861. The number of benzene rings is 2. The SMILES string of the molecule is N#Cc1c(NS(=O)(=O)Cc2ccccc2)ccc(Oc2ncccc2-c2ccnc(N[C@H]3CCCNC3)n2)c1F. The van der Waals surface area contributed by atoms with E-state index in [0.717, 1.165) is 25.9 Å². The van der Waals surface area contributed by atoms with Crippen molar-refractivity contribution >= 4 is 21.7 Å². The zero-order valence-corrected chi connectivity index (χ0v) is 22.2. The van der Waals surface area contributed by atoms with E-state index in [9.17, 15) is 13.7 Å². The topological polar surface area (TPSA) is 142 Å². The molecule has 3 N–H and O–H groups in total. The van der Waals surface area contributed by atoms with Crippen molar-refractivity contribution < 1.29 is 17.5 Å². The highest BCUT2D eigenvalue weighted by molar-refractivity contribution is 7.91. The van der Waals surface area contributed by atoms with Crippen molar-refractivity contribution in [3.8, 4) is 29.0 Å². The Bertz CT molecular complexity index is 1640. The molecule has 0 spiro atoms. The van der Waals surface area contributed by atoms with Crippen LogP contribution in [-0.2, 0) is 15.8 Å². The van der Waals surface area contributed by atoms with Gasteiger partial charge in [-0.3, -0.25) is 4.72 Å². The Balaban J connectivity index is 1.38. The number of nitriles is 1. The predicted molar refractivity (Wildman–Crippen MR) is 149 cm³/mol. The monoisotopic (exact) mass is 559 g/mol.